The average Bonchev–Trinajstić information content (AvgIpc) is 3.02. The maximum Gasteiger partial charge on any atom is 0.411 e. The number of nitrogens with zero attached hydrogens (tertiary/aromatic N) is 1. The highest BCUT2D eigenvalue weighted by Crippen LogP contribution is 2.40. The molecule has 0 saturated carbocycles. The monoisotopic (exact) mass is 720 g/mol. The van der Waals surface area contributed by atoms with Gasteiger partial charge in [0, 0.05) is 10.9 Å². The number of halogens is 1. The molecule has 4 rings (SSSR count). The van der Waals surface area contributed by atoms with Gasteiger partial charge in [0.15, 0.2) is 5.54 Å². The van der Waals surface area contributed by atoms with E-state index < -0.39 is 39.3 Å². The number of ether oxygens (including phenoxy) is 2. The van der Waals surface area contributed by atoms with Crippen LogP contribution in [0.15, 0.2) is 119 Å². The fourth-order valence-electron chi connectivity index (χ4n) is 5.34. The molecule has 2 atom stereocenters. The van der Waals surface area contributed by atoms with Gasteiger partial charge >= 0.3 is 12.1 Å². The highest BCUT2D eigenvalue weighted by Gasteiger charge is 2.56. The van der Waals surface area contributed by atoms with Crippen molar-refractivity contribution in [3.8, 4) is 0 Å². The lowest BCUT2D eigenvalue weighted by Gasteiger charge is -2.47. The van der Waals surface area contributed by atoms with Gasteiger partial charge in [0.25, 0.3) is 0 Å². The van der Waals surface area contributed by atoms with Crippen molar-refractivity contribution in [1.29, 1.82) is 0 Å². The van der Waals surface area contributed by atoms with Crippen molar-refractivity contribution in [3.63, 3.8) is 0 Å². The summed E-state index contributed by atoms with van der Waals surface area (Å²) in [5.41, 5.74) is -0.233. The van der Waals surface area contributed by atoms with E-state index in [-0.39, 0.29) is 24.5 Å². The summed E-state index contributed by atoms with van der Waals surface area (Å²) in [7, 11) is -4.28. The molecule has 0 aliphatic carbocycles. The van der Waals surface area contributed by atoms with E-state index in [2.05, 4.69) is 20.7 Å². The van der Waals surface area contributed by atoms with Crippen LogP contribution in [0.25, 0.3) is 0 Å². The first-order valence-corrected chi connectivity index (χ1v) is 17.6. The molecule has 2 unspecified atom stereocenters. The van der Waals surface area contributed by atoms with Gasteiger partial charge < -0.3 is 9.47 Å². The third-order valence-corrected chi connectivity index (χ3v) is 9.42. The number of sulfonamides is 1. The Balaban J connectivity index is 2.10. The van der Waals surface area contributed by atoms with Crippen molar-refractivity contribution in [2.24, 2.45) is 0 Å². The molecule has 1 N–H and O–H groups in total. The Hall–Kier alpha value is -3.99. The molecule has 47 heavy (non-hydrogen) atoms. The number of benzene rings is 4. The minimum atomic E-state index is -4.28. The SMILES string of the molecule is CCOC(=O)C(Cc1ccccc1)(C(NS(=O)(=O)c1ccc(C)cc1)c1cccc(Br)c1)N(Cc1ccccc1)C(=O)OC(C)(C)C. The first kappa shape index (κ1) is 35.9. The second kappa shape index (κ2) is 15.3. The molecule has 0 aliphatic heterocycles. The Kier molecular flexibility index (Phi) is 11.7. The Morgan fingerprint density at radius 3 is 2.00 bits per heavy atom. The zero-order valence-corrected chi connectivity index (χ0v) is 29.7. The first-order valence-electron chi connectivity index (χ1n) is 15.4. The molecule has 0 bridgehead atoms. The smallest absolute Gasteiger partial charge is 0.411 e. The molecular weight excluding hydrogens is 680 g/mol. The number of rotatable bonds is 12. The highest BCUT2D eigenvalue weighted by molar-refractivity contribution is 9.10. The standard InChI is InChI=1S/C37H41BrN2O6S/c1-6-45-34(41)37(25-28-14-9-7-10-15-28,40(35(42)46-36(3,4)5)26-29-16-11-8-12-17-29)33(30-18-13-19-31(38)24-30)39-47(43,44)32-22-20-27(2)21-23-32/h7-24,33,39H,6,25-26H2,1-5H3. The van der Waals surface area contributed by atoms with Crippen LogP contribution in [0.3, 0.4) is 0 Å². The Morgan fingerprint density at radius 2 is 1.45 bits per heavy atom. The number of esters is 1. The van der Waals surface area contributed by atoms with Crippen molar-refractivity contribution in [3.05, 3.63) is 136 Å². The molecule has 0 heterocycles. The van der Waals surface area contributed by atoms with Crippen molar-refractivity contribution < 1.29 is 27.5 Å². The van der Waals surface area contributed by atoms with Crippen LogP contribution in [-0.4, -0.2) is 43.1 Å². The molecule has 0 fully saturated rings. The van der Waals surface area contributed by atoms with Crippen molar-refractivity contribution in [2.75, 3.05) is 6.61 Å². The van der Waals surface area contributed by atoms with Crippen LogP contribution in [0.2, 0.25) is 0 Å². The molecule has 4 aromatic carbocycles. The lowest BCUT2D eigenvalue weighted by molar-refractivity contribution is -0.160. The summed E-state index contributed by atoms with van der Waals surface area (Å²) >= 11 is 3.53. The number of carbonyl (C=O) groups is 2. The van der Waals surface area contributed by atoms with E-state index in [1.807, 2.05) is 67.6 Å². The maximum absolute atomic E-state index is 14.8. The van der Waals surface area contributed by atoms with Crippen LogP contribution in [-0.2, 0) is 37.3 Å². The number of aryl methyl sites for hydroxylation is 1. The van der Waals surface area contributed by atoms with E-state index in [9.17, 15) is 18.0 Å². The molecule has 0 radical (unpaired) electrons. The van der Waals surface area contributed by atoms with Gasteiger partial charge in [-0.2, -0.15) is 0 Å². The average molecular weight is 722 g/mol. The highest BCUT2D eigenvalue weighted by atomic mass is 79.9. The first-order chi connectivity index (χ1) is 22.2. The minimum Gasteiger partial charge on any atom is -0.464 e. The Morgan fingerprint density at radius 1 is 0.851 bits per heavy atom. The Bertz CT molecular complexity index is 1760. The van der Waals surface area contributed by atoms with E-state index in [4.69, 9.17) is 9.47 Å². The van der Waals surface area contributed by atoms with Crippen LogP contribution in [0.4, 0.5) is 4.79 Å². The van der Waals surface area contributed by atoms with Gasteiger partial charge in [-0.15, -0.1) is 0 Å². The molecule has 0 spiro atoms. The number of hydrogen-bond acceptors (Lipinski definition) is 6. The third kappa shape index (κ3) is 9.09. The summed E-state index contributed by atoms with van der Waals surface area (Å²) in [4.78, 5) is 30.6. The van der Waals surface area contributed by atoms with Gasteiger partial charge in [0.1, 0.15) is 5.60 Å². The summed E-state index contributed by atoms with van der Waals surface area (Å²) < 4.78 is 43.8. The molecule has 0 aromatic heterocycles. The lowest BCUT2D eigenvalue weighted by Crippen LogP contribution is -2.65. The molecule has 10 heteroatoms. The largest absolute Gasteiger partial charge is 0.464 e. The van der Waals surface area contributed by atoms with Gasteiger partial charge in [-0.1, -0.05) is 106 Å². The maximum atomic E-state index is 14.8. The molecule has 4 aromatic rings. The number of carbonyl (C=O) groups excluding carboxylic acids is 2. The Labute approximate surface area is 286 Å². The molecule has 0 saturated heterocycles. The quantitative estimate of drug-likeness (QED) is 0.150. The van der Waals surface area contributed by atoms with Gasteiger partial charge in [-0.05, 0) is 75.6 Å². The van der Waals surface area contributed by atoms with Crippen LogP contribution >= 0.6 is 15.9 Å². The lowest BCUT2D eigenvalue weighted by atomic mass is 9.78. The zero-order chi connectivity index (χ0) is 34.2. The van der Waals surface area contributed by atoms with Gasteiger partial charge in [0.05, 0.1) is 24.1 Å². The van der Waals surface area contributed by atoms with Crippen LogP contribution in [0, 0.1) is 6.92 Å². The third-order valence-electron chi connectivity index (χ3n) is 7.49. The fraction of sp³-hybridized carbons (Fsp3) is 0.297. The van der Waals surface area contributed by atoms with Gasteiger partial charge in [-0.3, -0.25) is 4.90 Å². The summed E-state index contributed by atoms with van der Waals surface area (Å²) in [5, 5.41) is 0. The van der Waals surface area contributed by atoms with Crippen LogP contribution in [0.5, 0.6) is 0 Å². The number of nitrogens with one attached hydrogen (secondary N) is 1. The molecule has 0 aliphatic rings. The van der Waals surface area contributed by atoms with Crippen molar-refractivity contribution in [1.82, 2.24) is 9.62 Å². The summed E-state index contributed by atoms with van der Waals surface area (Å²) in [5.74, 6) is -0.790. The van der Waals surface area contributed by atoms with E-state index >= 15 is 0 Å². The van der Waals surface area contributed by atoms with Gasteiger partial charge in [0.2, 0.25) is 10.0 Å². The molecule has 248 valence electrons. The zero-order valence-electron chi connectivity index (χ0n) is 27.3. The predicted molar refractivity (Wildman–Crippen MR) is 186 cm³/mol. The molecular formula is C37H41BrN2O6S. The van der Waals surface area contributed by atoms with Crippen molar-refractivity contribution in [2.45, 2.75) is 69.7 Å². The van der Waals surface area contributed by atoms with Crippen molar-refractivity contribution >= 4 is 38.0 Å². The second-order valence-corrected chi connectivity index (χ2v) is 14.9. The van der Waals surface area contributed by atoms with E-state index in [0.717, 1.165) is 5.56 Å². The second-order valence-electron chi connectivity index (χ2n) is 12.3. The van der Waals surface area contributed by atoms with Crippen LogP contribution in [0.1, 0.15) is 56.0 Å². The summed E-state index contributed by atoms with van der Waals surface area (Å²) in [6.07, 6.45) is -0.910. The number of hydrogen-bond donors (Lipinski definition) is 1. The number of amides is 1. The fourth-order valence-corrected chi connectivity index (χ4v) is 7.02. The van der Waals surface area contributed by atoms with Crippen LogP contribution < -0.4 is 4.72 Å². The summed E-state index contributed by atoms with van der Waals surface area (Å²) in [6.45, 7) is 8.64. The topological polar surface area (TPSA) is 102 Å². The van der Waals surface area contributed by atoms with E-state index in [1.165, 1.54) is 17.0 Å². The molecule has 8 nitrogen and oxygen atoms in total. The van der Waals surface area contributed by atoms with E-state index in [0.29, 0.717) is 21.2 Å². The van der Waals surface area contributed by atoms with Gasteiger partial charge in [-0.25, -0.2) is 22.7 Å². The summed E-state index contributed by atoms with van der Waals surface area (Å²) in [6, 6.07) is 30.4. The predicted octanol–water partition coefficient (Wildman–Crippen LogP) is 7.76. The normalized spacial score (nSPS) is 13.7. The molecule has 1 amide bonds. The van der Waals surface area contributed by atoms with E-state index in [1.54, 1.807) is 64.1 Å². The minimum absolute atomic E-state index is 0.00689.